The standard InChI is InChI=1S/C52H35NO/c1-4-12-36(13-5-1)38-20-27-43(28-21-38)53(44-29-22-39(23-30-44)37-14-6-2-7-15-37)45-31-24-40(25-32-45)42-26-33-48-50(34-42)54-51-35-49(41-16-8-3-9-17-41)46-18-10-11-19-47(46)52(48)51/h1-35H. The van der Waals surface area contributed by atoms with Gasteiger partial charge in [0.25, 0.3) is 0 Å². The molecule has 254 valence electrons. The molecule has 2 nitrogen and oxygen atoms in total. The molecule has 1 heterocycles. The number of hydrogen-bond acceptors (Lipinski definition) is 2. The van der Waals surface area contributed by atoms with Crippen molar-refractivity contribution in [1.82, 2.24) is 0 Å². The number of rotatable bonds is 7. The molecular formula is C52H35NO. The molecule has 0 amide bonds. The van der Waals surface area contributed by atoms with Crippen molar-refractivity contribution < 1.29 is 4.42 Å². The normalized spacial score (nSPS) is 11.3. The lowest BCUT2D eigenvalue weighted by molar-refractivity contribution is 0.669. The van der Waals surface area contributed by atoms with Gasteiger partial charge in [-0.25, -0.2) is 0 Å². The van der Waals surface area contributed by atoms with E-state index in [0.29, 0.717) is 0 Å². The van der Waals surface area contributed by atoms with Gasteiger partial charge in [0.2, 0.25) is 0 Å². The smallest absolute Gasteiger partial charge is 0.136 e. The Morgan fingerprint density at radius 2 is 0.685 bits per heavy atom. The van der Waals surface area contributed by atoms with Crippen LogP contribution in [0.2, 0.25) is 0 Å². The van der Waals surface area contributed by atoms with E-state index < -0.39 is 0 Å². The lowest BCUT2D eigenvalue weighted by Crippen LogP contribution is -2.09. The van der Waals surface area contributed by atoms with Gasteiger partial charge in [-0.1, -0.05) is 158 Å². The molecule has 0 unspecified atom stereocenters. The summed E-state index contributed by atoms with van der Waals surface area (Å²) in [5.41, 5.74) is 14.5. The Bertz CT molecular complexity index is 2790. The second-order valence-corrected chi connectivity index (χ2v) is 13.7. The molecule has 0 N–H and O–H groups in total. The van der Waals surface area contributed by atoms with E-state index in [-0.39, 0.29) is 0 Å². The van der Waals surface area contributed by atoms with Crippen LogP contribution in [0.3, 0.4) is 0 Å². The van der Waals surface area contributed by atoms with Gasteiger partial charge in [-0.2, -0.15) is 0 Å². The van der Waals surface area contributed by atoms with Crippen molar-refractivity contribution >= 4 is 49.8 Å². The Kier molecular flexibility index (Phi) is 7.85. The molecule has 2 heteroatoms. The highest BCUT2D eigenvalue weighted by molar-refractivity contribution is 6.22. The lowest BCUT2D eigenvalue weighted by atomic mass is 9.94. The third kappa shape index (κ3) is 5.71. The SMILES string of the molecule is c1ccc(-c2ccc(N(c3ccc(-c4ccccc4)cc3)c3ccc(-c4ccc5c(c4)oc4cc(-c6ccccc6)c6ccccc6c45)cc3)cc2)cc1. The topological polar surface area (TPSA) is 16.4 Å². The third-order valence-electron chi connectivity index (χ3n) is 10.5. The molecule has 0 atom stereocenters. The Labute approximate surface area is 314 Å². The molecule has 0 saturated heterocycles. The van der Waals surface area contributed by atoms with E-state index in [1.54, 1.807) is 0 Å². The van der Waals surface area contributed by atoms with Gasteiger partial charge in [-0.3, -0.25) is 0 Å². The minimum absolute atomic E-state index is 0.889. The van der Waals surface area contributed by atoms with Crippen molar-refractivity contribution in [2.24, 2.45) is 0 Å². The Balaban J connectivity index is 1.03. The van der Waals surface area contributed by atoms with Gasteiger partial charge in [0.15, 0.2) is 0 Å². The molecule has 0 saturated carbocycles. The first-order valence-electron chi connectivity index (χ1n) is 18.4. The Morgan fingerprint density at radius 3 is 1.20 bits per heavy atom. The lowest BCUT2D eigenvalue weighted by Gasteiger charge is -2.26. The largest absolute Gasteiger partial charge is 0.456 e. The average Bonchev–Trinajstić information content (AvgIpc) is 3.63. The summed E-state index contributed by atoms with van der Waals surface area (Å²) in [6.07, 6.45) is 0. The summed E-state index contributed by atoms with van der Waals surface area (Å²) in [4.78, 5) is 2.32. The zero-order valence-corrected chi connectivity index (χ0v) is 29.6. The second kappa shape index (κ2) is 13.4. The number of benzene rings is 9. The van der Waals surface area contributed by atoms with Crippen molar-refractivity contribution in [3.8, 4) is 44.5 Å². The van der Waals surface area contributed by atoms with Crippen LogP contribution in [0.4, 0.5) is 17.1 Å². The fourth-order valence-corrected chi connectivity index (χ4v) is 7.79. The van der Waals surface area contributed by atoms with E-state index in [1.165, 1.54) is 44.2 Å². The summed E-state index contributed by atoms with van der Waals surface area (Å²) >= 11 is 0. The van der Waals surface area contributed by atoms with Crippen molar-refractivity contribution in [3.05, 3.63) is 212 Å². The average molecular weight is 690 g/mol. The summed E-state index contributed by atoms with van der Waals surface area (Å²) in [6, 6.07) is 75.6. The highest BCUT2D eigenvalue weighted by Crippen LogP contribution is 2.42. The van der Waals surface area contributed by atoms with Crippen LogP contribution in [0.25, 0.3) is 77.2 Å². The fourth-order valence-electron chi connectivity index (χ4n) is 7.79. The molecule has 0 bridgehead atoms. The van der Waals surface area contributed by atoms with Crippen molar-refractivity contribution in [1.29, 1.82) is 0 Å². The summed E-state index contributed by atoms with van der Waals surface area (Å²) < 4.78 is 6.64. The maximum absolute atomic E-state index is 6.64. The van der Waals surface area contributed by atoms with Gasteiger partial charge in [-0.15, -0.1) is 0 Å². The van der Waals surface area contributed by atoms with E-state index in [2.05, 4.69) is 217 Å². The molecule has 9 aromatic carbocycles. The van der Waals surface area contributed by atoms with Crippen LogP contribution in [0.1, 0.15) is 0 Å². The number of nitrogens with zero attached hydrogens (tertiary/aromatic N) is 1. The number of hydrogen-bond donors (Lipinski definition) is 0. The van der Waals surface area contributed by atoms with Crippen molar-refractivity contribution in [2.75, 3.05) is 4.90 Å². The fraction of sp³-hybridized carbons (Fsp3) is 0. The maximum Gasteiger partial charge on any atom is 0.136 e. The molecule has 0 radical (unpaired) electrons. The first-order chi connectivity index (χ1) is 26.8. The summed E-state index contributed by atoms with van der Waals surface area (Å²) in [7, 11) is 0. The predicted molar refractivity (Wildman–Crippen MR) is 228 cm³/mol. The summed E-state index contributed by atoms with van der Waals surface area (Å²) in [6.45, 7) is 0. The molecule has 54 heavy (non-hydrogen) atoms. The molecular weight excluding hydrogens is 655 g/mol. The molecule has 10 aromatic rings. The number of furan rings is 1. The molecule has 1 aromatic heterocycles. The van der Waals surface area contributed by atoms with Crippen LogP contribution < -0.4 is 4.90 Å². The van der Waals surface area contributed by atoms with E-state index >= 15 is 0 Å². The molecule has 0 aliphatic carbocycles. The van der Waals surface area contributed by atoms with Gasteiger partial charge >= 0.3 is 0 Å². The van der Waals surface area contributed by atoms with Crippen molar-refractivity contribution in [2.45, 2.75) is 0 Å². The zero-order valence-electron chi connectivity index (χ0n) is 29.6. The predicted octanol–water partition coefficient (Wildman–Crippen LogP) is 14.9. The highest BCUT2D eigenvalue weighted by atomic mass is 16.3. The molecule has 0 aliphatic rings. The monoisotopic (exact) mass is 689 g/mol. The molecule has 10 rings (SSSR count). The highest BCUT2D eigenvalue weighted by Gasteiger charge is 2.17. The van der Waals surface area contributed by atoms with Gasteiger partial charge in [0.05, 0.1) is 0 Å². The van der Waals surface area contributed by atoms with Gasteiger partial charge < -0.3 is 9.32 Å². The molecule has 0 aliphatic heterocycles. The van der Waals surface area contributed by atoms with E-state index in [4.69, 9.17) is 4.42 Å². The third-order valence-corrected chi connectivity index (χ3v) is 10.5. The number of fused-ring (bicyclic) bond motifs is 5. The summed E-state index contributed by atoms with van der Waals surface area (Å²) in [5, 5.41) is 4.73. The minimum Gasteiger partial charge on any atom is -0.456 e. The van der Waals surface area contributed by atoms with Crippen LogP contribution in [-0.4, -0.2) is 0 Å². The van der Waals surface area contributed by atoms with Crippen LogP contribution in [0, 0.1) is 0 Å². The number of anilines is 3. The second-order valence-electron chi connectivity index (χ2n) is 13.7. The Morgan fingerprint density at radius 1 is 0.278 bits per heavy atom. The quantitative estimate of drug-likeness (QED) is 0.166. The van der Waals surface area contributed by atoms with Crippen LogP contribution in [0.5, 0.6) is 0 Å². The van der Waals surface area contributed by atoms with E-state index in [0.717, 1.165) is 50.1 Å². The van der Waals surface area contributed by atoms with Crippen LogP contribution in [0.15, 0.2) is 217 Å². The minimum atomic E-state index is 0.889. The van der Waals surface area contributed by atoms with E-state index in [1.807, 2.05) is 0 Å². The van der Waals surface area contributed by atoms with E-state index in [9.17, 15) is 0 Å². The van der Waals surface area contributed by atoms with Crippen LogP contribution >= 0.6 is 0 Å². The maximum atomic E-state index is 6.64. The first-order valence-corrected chi connectivity index (χ1v) is 18.4. The molecule has 0 fully saturated rings. The Hall–Kier alpha value is -7.16. The molecule has 0 spiro atoms. The van der Waals surface area contributed by atoms with Gasteiger partial charge in [0.1, 0.15) is 11.2 Å². The van der Waals surface area contributed by atoms with Crippen molar-refractivity contribution in [3.63, 3.8) is 0 Å². The van der Waals surface area contributed by atoms with Gasteiger partial charge in [-0.05, 0) is 110 Å². The zero-order chi connectivity index (χ0) is 35.8. The summed E-state index contributed by atoms with van der Waals surface area (Å²) in [5.74, 6) is 0. The first kappa shape index (κ1) is 31.6. The van der Waals surface area contributed by atoms with Crippen LogP contribution in [-0.2, 0) is 0 Å². The van der Waals surface area contributed by atoms with Gasteiger partial charge in [0, 0.05) is 27.8 Å².